The van der Waals surface area contributed by atoms with Gasteiger partial charge in [-0.15, -0.1) is 0 Å². The third-order valence-corrected chi connectivity index (χ3v) is 6.47. The molecule has 0 spiro atoms. The average molecular weight is 506 g/mol. The summed E-state index contributed by atoms with van der Waals surface area (Å²) in [6, 6.07) is 15.3. The lowest BCUT2D eigenvalue weighted by molar-refractivity contribution is -0.139. The van der Waals surface area contributed by atoms with E-state index in [9.17, 15) is 14.7 Å². The van der Waals surface area contributed by atoms with Crippen LogP contribution in [0.25, 0.3) is 0 Å². The molecule has 3 aromatic carbocycles. The maximum Gasteiger partial charge on any atom is 0.311 e. The highest BCUT2D eigenvalue weighted by molar-refractivity contribution is 6.42. The Balaban J connectivity index is 1.43. The number of Topliss-reactive ketones (excluding diaryl/α,β-unsaturated/α-hetero) is 1. The van der Waals surface area contributed by atoms with Crippen molar-refractivity contribution in [1.82, 2.24) is 0 Å². The van der Waals surface area contributed by atoms with Crippen molar-refractivity contribution in [2.75, 3.05) is 6.61 Å². The molecule has 0 amide bonds. The van der Waals surface area contributed by atoms with E-state index in [-0.39, 0.29) is 10.8 Å². The number of carboxylic acids is 1. The fourth-order valence-electron chi connectivity index (χ4n) is 3.66. The SMILES string of the molecule is O=C(CCc1ccc(Cl)c(Cl)c1)c1ccc(Oc2cc3c(cc2Cl)C(C(=O)O)CCO3)cc1. The number of benzene rings is 3. The Kier molecular flexibility index (Phi) is 7.13. The summed E-state index contributed by atoms with van der Waals surface area (Å²) in [7, 11) is 0. The van der Waals surface area contributed by atoms with E-state index in [2.05, 4.69) is 0 Å². The number of ether oxygens (including phenoxy) is 2. The summed E-state index contributed by atoms with van der Waals surface area (Å²) in [6.45, 7) is 0.310. The zero-order valence-electron chi connectivity index (χ0n) is 17.3. The van der Waals surface area contributed by atoms with Gasteiger partial charge in [0.15, 0.2) is 5.78 Å². The monoisotopic (exact) mass is 504 g/mol. The number of carbonyl (C=O) groups is 2. The number of aliphatic carboxylic acids is 1. The molecule has 1 heterocycles. The number of hydrogen-bond acceptors (Lipinski definition) is 4. The Labute approximate surface area is 205 Å². The predicted octanol–water partition coefficient (Wildman–Crippen LogP) is 7.21. The summed E-state index contributed by atoms with van der Waals surface area (Å²) < 4.78 is 11.5. The molecule has 0 radical (unpaired) electrons. The van der Waals surface area contributed by atoms with Crippen LogP contribution in [-0.2, 0) is 11.2 Å². The first-order valence-electron chi connectivity index (χ1n) is 10.3. The summed E-state index contributed by atoms with van der Waals surface area (Å²) >= 11 is 18.3. The minimum absolute atomic E-state index is 0.00690. The Morgan fingerprint density at radius 1 is 0.970 bits per heavy atom. The fourth-order valence-corrected chi connectivity index (χ4v) is 4.19. The number of halogens is 3. The smallest absolute Gasteiger partial charge is 0.311 e. The molecule has 3 aromatic rings. The second kappa shape index (κ2) is 10.0. The van der Waals surface area contributed by atoms with Gasteiger partial charge in [-0.1, -0.05) is 40.9 Å². The van der Waals surface area contributed by atoms with Gasteiger partial charge in [0.1, 0.15) is 17.2 Å². The van der Waals surface area contributed by atoms with Crippen molar-refractivity contribution in [1.29, 1.82) is 0 Å². The second-order valence-corrected chi connectivity index (χ2v) is 8.87. The fraction of sp³-hybridized carbons (Fsp3) is 0.200. The van der Waals surface area contributed by atoms with E-state index in [0.29, 0.717) is 64.3 Å². The van der Waals surface area contributed by atoms with Crippen molar-refractivity contribution in [3.63, 3.8) is 0 Å². The summed E-state index contributed by atoms with van der Waals surface area (Å²) in [5, 5.41) is 10.6. The summed E-state index contributed by atoms with van der Waals surface area (Å²) in [5.41, 5.74) is 2.03. The van der Waals surface area contributed by atoms with Gasteiger partial charge in [0.25, 0.3) is 0 Å². The number of aryl methyl sites for hydroxylation is 1. The van der Waals surface area contributed by atoms with Gasteiger partial charge in [0.2, 0.25) is 0 Å². The normalized spacial score (nSPS) is 14.8. The van der Waals surface area contributed by atoms with Crippen LogP contribution in [0.2, 0.25) is 15.1 Å². The van der Waals surface area contributed by atoms with Gasteiger partial charge in [0, 0.05) is 23.6 Å². The molecular weight excluding hydrogens is 487 g/mol. The van der Waals surface area contributed by atoms with E-state index in [1.54, 1.807) is 48.5 Å². The van der Waals surface area contributed by atoms with Gasteiger partial charge in [-0.05, 0) is 60.9 Å². The van der Waals surface area contributed by atoms with Crippen LogP contribution in [0.15, 0.2) is 54.6 Å². The van der Waals surface area contributed by atoms with E-state index in [4.69, 9.17) is 44.3 Å². The standard InChI is InChI=1S/C25H19Cl3O5/c26-19-7-1-14(11-20(19)27)2-8-22(29)15-3-5-16(6-4-15)33-24-13-23-18(12-21(24)28)17(25(30)31)9-10-32-23/h1,3-7,11-13,17H,2,8-10H2,(H,30,31). The highest BCUT2D eigenvalue weighted by Gasteiger charge is 2.29. The van der Waals surface area contributed by atoms with Crippen molar-refractivity contribution < 1.29 is 24.2 Å². The van der Waals surface area contributed by atoms with Crippen molar-refractivity contribution in [3.05, 3.63) is 86.4 Å². The molecule has 0 bridgehead atoms. The van der Waals surface area contributed by atoms with Gasteiger partial charge in [-0.25, -0.2) is 0 Å². The third-order valence-electron chi connectivity index (χ3n) is 5.43. The van der Waals surface area contributed by atoms with Gasteiger partial charge in [-0.2, -0.15) is 0 Å². The molecular formula is C25H19Cl3O5. The molecule has 1 aliphatic heterocycles. The highest BCUT2D eigenvalue weighted by atomic mass is 35.5. The predicted molar refractivity (Wildman–Crippen MR) is 128 cm³/mol. The molecule has 0 saturated carbocycles. The van der Waals surface area contributed by atoms with Crippen LogP contribution in [0, 0.1) is 0 Å². The van der Waals surface area contributed by atoms with Crippen molar-refractivity contribution in [2.24, 2.45) is 0 Å². The molecule has 4 rings (SSSR count). The largest absolute Gasteiger partial charge is 0.493 e. The molecule has 1 atom stereocenters. The number of ketones is 1. The Morgan fingerprint density at radius 3 is 2.42 bits per heavy atom. The molecule has 33 heavy (non-hydrogen) atoms. The van der Waals surface area contributed by atoms with Crippen molar-refractivity contribution in [2.45, 2.75) is 25.2 Å². The summed E-state index contributed by atoms with van der Waals surface area (Å²) in [4.78, 5) is 24.0. The molecule has 0 saturated heterocycles. The molecule has 8 heteroatoms. The molecule has 1 unspecified atom stereocenters. The van der Waals surface area contributed by atoms with Crippen LogP contribution in [0.3, 0.4) is 0 Å². The van der Waals surface area contributed by atoms with E-state index in [1.807, 2.05) is 6.07 Å². The molecule has 0 aromatic heterocycles. The van der Waals surface area contributed by atoms with E-state index in [0.717, 1.165) is 5.56 Å². The molecule has 170 valence electrons. The Bertz CT molecular complexity index is 1210. The molecule has 0 fully saturated rings. The quantitative estimate of drug-likeness (QED) is 0.344. The molecule has 5 nitrogen and oxygen atoms in total. The van der Waals surface area contributed by atoms with Gasteiger partial charge in [-0.3, -0.25) is 9.59 Å². The summed E-state index contributed by atoms with van der Waals surface area (Å²) in [6.07, 6.45) is 1.27. The van der Waals surface area contributed by atoms with Crippen molar-refractivity contribution >= 4 is 46.6 Å². The lowest BCUT2D eigenvalue weighted by Crippen LogP contribution is -2.20. The molecule has 0 aliphatic carbocycles. The minimum atomic E-state index is -0.913. The van der Waals surface area contributed by atoms with Gasteiger partial charge >= 0.3 is 5.97 Å². The van der Waals surface area contributed by atoms with Gasteiger partial charge in [0.05, 0.1) is 27.6 Å². The van der Waals surface area contributed by atoms with Crippen LogP contribution < -0.4 is 9.47 Å². The Morgan fingerprint density at radius 2 is 1.73 bits per heavy atom. The highest BCUT2D eigenvalue weighted by Crippen LogP contribution is 2.41. The van der Waals surface area contributed by atoms with Crippen LogP contribution in [0.4, 0.5) is 0 Å². The topological polar surface area (TPSA) is 72.8 Å². The van der Waals surface area contributed by atoms with E-state index < -0.39 is 11.9 Å². The minimum Gasteiger partial charge on any atom is -0.493 e. The molecule has 1 aliphatic rings. The van der Waals surface area contributed by atoms with Crippen LogP contribution >= 0.6 is 34.8 Å². The molecule has 1 N–H and O–H groups in total. The number of carboxylic acid groups (broad SMARTS) is 1. The Hall–Kier alpha value is -2.73. The average Bonchev–Trinajstić information content (AvgIpc) is 2.80. The van der Waals surface area contributed by atoms with E-state index >= 15 is 0 Å². The maximum absolute atomic E-state index is 12.6. The van der Waals surface area contributed by atoms with Crippen molar-refractivity contribution in [3.8, 4) is 17.2 Å². The first-order valence-corrected chi connectivity index (χ1v) is 11.4. The lowest BCUT2D eigenvalue weighted by Gasteiger charge is -2.24. The maximum atomic E-state index is 12.6. The second-order valence-electron chi connectivity index (χ2n) is 7.65. The van der Waals surface area contributed by atoms with Crippen LogP contribution in [0.5, 0.6) is 17.2 Å². The van der Waals surface area contributed by atoms with E-state index in [1.165, 1.54) is 0 Å². The first kappa shape index (κ1) is 23.4. The lowest BCUT2D eigenvalue weighted by atomic mass is 9.93. The number of fused-ring (bicyclic) bond motifs is 1. The summed E-state index contributed by atoms with van der Waals surface area (Å²) in [5.74, 6) is -0.295. The number of rotatable bonds is 7. The third kappa shape index (κ3) is 5.44. The zero-order chi connectivity index (χ0) is 23.5. The van der Waals surface area contributed by atoms with Crippen LogP contribution in [0.1, 0.15) is 40.2 Å². The van der Waals surface area contributed by atoms with Gasteiger partial charge < -0.3 is 14.6 Å². The number of carbonyl (C=O) groups excluding carboxylic acids is 1. The van der Waals surface area contributed by atoms with Crippen LogP contribution in [-0.4, -0.2) is 23.5 Å². The first-order chi connectivity index (χ1) is 15.8. The number of hydrogen-bond donors (Lipinski definition) is 1. The zero-order valence-corrected chi connectivity index (χ0v) is 19.6.